The molecule has 0 saturated heterocycles. The normalized spacial score (nSPS) is 11.4. The minimum atomic E-state index is -0.552. The Morgan fingerprint density at radius 1 is 1.16 bits per heavy atom. The van der Waals surface area contributed by atoms with Crippen LogP contribution in [0.15, 0.2) is 52.6 Å². The van der Waals surface area contributed by atoms with Crippen LogP contribution in [0.25, 0.3) is 32.1 Å². The van der Waals surface area contributed by atoms with Crippen molar-refractivity contribution in [3.05, 3.63) is 69.3 Å². The largest absolute Gasteiger partial charge is 0.444 e. The molecule has 2 aromatic carbocycles. The molecule has 2 heterocycles. The third kappa shape index (κ3) is 4.16. The summed E-state index contributed by atoms with van der Waals surface area (Å²) in [4.78, 5) is 27.2. The standard InChI is InChI=1S/C24H21N3O3S/c1-24(2,3)30-23(29)26-13-14-4-6-15(7-5-14)19-16(12-25)8-9-18-20(19)17-10-11-31-21(17)22(28)27-18/h4-11H,13H2,1-3H3,(H,26,29)(H,27,28). The van der Waals surface area contributed by atoms with E-state index in [1.165, 1.54) is 11.3 Å². The number of H-pyrrole nitrogens is 1. The number of nitriles is 1. The molecule has 0 spiro atoms. The molecule has 0 fully saturated rings. The Kier molecular flexibility index (Phi) is 5.25. The number of hydrogen-bond donors (Lipinski definition) is 2. The molecule has 0 aliphatic rings. The summed E-state index contributed by atoms with van der Waals surface area (Å²) in [7, 11) is 0. The van der Waals surface area contributed by atoms with Crippen molar-refractivity contribution in [2.24, 2.45) is 0 Å². The van der Waals surface area contributed by atoms with Gasteiger partial charge in [-0.1, -0.05) is 24.3 Å². The molecule has 156 valence electrons. The second-order valence-corrected chi connectivity index (χ2v) is 9.11. The predicted molar refractivity (Wildman–Crippen MR) is 123 cm³/mol. The Hall–Kier alpha value is -3.63. The zero-order valence-electron chi connectivity index (χ0n) is 17.4. The highest BCUT2D eigenvalue weighted by molar-refractivity contribution is 7.17. The minimum Gasteiger partial charge on any atom is -0.444 e. The summed E-state index contributed by atoms with van der Waals surface area (Å²) < 4.78 is 5.90. The number of ether oxygens (including phenoxy) is 1. The zero-order valence-corrected chi connectivity index (χ0v) is 18.2. The molecular formula is C24H21N3O3S. The molecule has 0 atom stereocenters. The van der Waals surface area contributed by atoms with E-state index in [0.29, 0.717) is 22.3 Å². The van der Waals surface area contributed by atoms with Gasteiger partial charge in [0.1, 0.15) is 10.3 Å². The molecule has 7 heteroatoms. The summed E-state index contributed by atoms with van der Waals surface area (Å²) in [5, 5.41) is 16.0. The van der Waals surface area contributed by atoms with Gasteiger partial charge in [0.05, 0.1) is 11.6 Å². The van der Waals surface area contributed by atoms with Gasteiger partial charge in [-0.2, -0.15) is 5.26 Å². The van der Waals surface area contributed by atoms with Crippen LogP contribution < -0.4 is 10.9 Å². The number of aromatic amines is 1. The number of rotatable bonds is 3. The Balaban J connectivity index is 1.72. The molecule has 0 bridgehead atoms. The quantitative estimate of drug-likeness (QED) is 0.460. The van der Waals surface area contributed by atoms with Gasteiger partial charge in [0.15, 0.2) is 0 Å². The van der Waals surface area contributed by atoms with E-state index in [-0.39, 0.29) is 5.56 Å². The highest BCUT2D eigenvalue weighted by Crippen LogP contribution is 2.36. The Morgan fingerprint density at radius 2 is 1.90 bits per heavy atom. The number of amides is 1. The topological polar surface area (TPSA) is 95.0 Å². The van der Waals surface area contributed by atoms with Gasteiger partial charge in [-0.05, 0) is 55.5 Å². The smallest absolute Gasteiger partial charge is 0.407 e. The summed E-state index contributed by atoms with van der Waals surface area (Å²) in [6.45, 7) is 5.78. The molecule has 2 N–H and O–H groups in total. The van der Waals surface area contributed by atoms with Crippen molar-refractivity contribution in [2.75, 3.05) is 0 Å². The molecule has 2 aromatic heterocycles. The third-order valence-corrected chi connectivity index (χ3v) is 5.71. The summed E-state index contributed by atoms with van der Waals surface area (Å²) in [5.74, 6) is 0. The van der Waals surface area contributed by atoms with Crippen LogP contribution in [0.5, 0.6) is 0 Å². The number of pyridine rings is 1. The van der Waals surface area contributed by atoms with Crippen molar-refractivity contribution >= 4 is 38.4 Å². The van der Waals surface area contributed by atoms with Crippen LogP contribution in [-0.2, 0) is 11.3 Å². The lowest BCUT2D eigenvalue weighted by atomic mass is 9.93. The molecule has 0 aliphatic carbocycles. The van der Waals surface area contributed by atoms with E-state index < -0.39 is 11.7 Å². The fraction of sp³-hybridized carbons (Fsp3) is 0.208. The third-order valence-electron chi connectivity index (χ3n) is 4.79. The van der Waals surface area contributed by atoms with Gasteiger partial charge in [-0.3, -0.25) is 4.79 Å². The number of thiophene rings is 1. The highest BCUT2D eigenvalue weighted by Gasteiger charge is 2.17. The molecule has 0 unspecified atom stereocenters. The van der Waals surface area contributed by atoms with Gasteiger partial charge in [0.2, 0.25) is 0 Å². The van der Waals surface area contributed by atoms with Crippen LogP contribution in [0.1, 0.15) is 31.9 Å². The molecule has 31 heavy (non-hydrogen) atoms. The van der Waals surface area contributed by atoms with Gasteiger partial charge in [0.25, 0.3) is 5.56 Å². The van der Waals surface area contributed by atoms with Crippen LogP contribution in [0.2, 0.25) is 0 Å². The van der Waals surface area contributed by atoms with E-state index in [1.54, 1.807) is 12.1 Å². The lowest BCUT2D eigenvalue weighted by Gasteiger charge is -2.19. The second-order valence-electron chi connectivity index (χ2n) is 8.19. The van der Waals surface area contributed by atoms with E-state index in [2.05, 4.69) is 16.4 Å². The first kappa shape index (κ1) is 20.6. The number of carbonyl (C=O) groups is 1. The van der Waals surface area contributed by atoms with Gasteiger partial charge < -0.3 is 15.0 Å². The molecule has 1 amide bonds. The minimum absolute atomic E-state index is 0.128. The zero-order chi connectivity index (χ0) is 22.2. The predicted octanol–water partition coefficient (Wildman–Crippen LogP) is 5.31. The molecule has 0 saturated carbocycles. The fourth-order valence-corrected chi connectivity index (χ4v) is 4.31. The first-order valence-electron chi connectivity index (χ1n) is 9.79. The number of carbonyl (C=O) groups excluding carboxylic acids is 1. The summed E-state index contributed by atoms with van der Waals surface area (Å²) in [6.07, 6.45) is -0.471. The van der Waals surface area contributed by atoms with Crippen molar-refractivity contribution in [3.8, 4) is 17.2 Å². The molecular weight excluding hydrogens is 410 g/mol. The molecule has 0 aliphatic heterocycles. The van der Waals surface area contributed by atoms with Gasteiger partial charge in [0, 0.05) is 28.4 Å². The first-order valence-corrected chi connectivity index (χ1v) is 10.7. The Bertz CT molecular complexity index is 1390. The maximum Gasteiger partial charge on any atom is 0.407 e. The van der Waals surface area contributed by atoms with Gasteiger partial charge in [-0.25, -0.2) is 4.79 Å². The molecule has 0 radical (unpaired) electrons. The maximum atomic E-state index is 12.4. The number of hydrogen-bond acceptors (Lipinski definition) is 5. The van der Waals surface area contributed by atoms with Crippen molar-refractivity contribution in [1.82, 2.24) is 10.3 Å². The monoisotopic (exact) mass is 431 g/mol. The first-order chi connectivity index (χ1) is 14.8. The average molecular weight is 432 g/mol. The van der Waals surface area contributed by atoms with Crippen molar-refractivity contribution in [2.45, 2.75) is 32.9 Å². The highest BCUT2D eigenvalue weighted by atomic mass is 32.1. The number of nitrogens with zero attached hydrogens (tertiary/aromatic N) is 1. The lowest BCUT2D eigenvalue weighted by Crippen LogP contribution is -2.32. The average Bonchev–Trinajstić information content (AvgIpc) is 3.21. The Morgan fingerprint density at radius 3 is 2.58 bits per heavy atom. The number of nitrogens with one attached hydrogen (secondary N) is 2. The number of fused-ring (bicyclic) bond motifs is 3. The summed E-state index contributed by atoms with van der Waals surface area (Å²) >= 11 is 1.38. The van der Waals surface area contributed by atoms with E-state index in [0.717, 1.165) is 27.5 Å². The lowest BCUT2D eigenvalue weighted by molar-refractivity contribution is 0.0523. The molecule has 4 aromatic rings. The number of aromatic nitrogens is 1. The number of benzene rings is 2. The maximum absolute atomic E-state index is 12.4. The van der Waals surface area contributed by atoms with Crippen LogP contribution in [0.3, 0.4) is 0 Å². The summed E-state index contributed by atoms with van der Waals surface area (Å²) in [6, 6.07) is 15.3. The fourth-order valence-electron chi connectivity index (χ4n) is 3.52. The molecule has 4 rings (SSSR count). The van der Waals surface area contributed by atoms with Crippen LogP contribution in [0, 0.1) is 11.3 Å². The van der Waals surface area contributed by atoms with Gasteiger partial charge in [-0.15, -0.1) is 11.3 Å². The second kappa shape index (κ2) is 7.89. The van der Waals surface area contributed by atoms with Crippen LogP contribution >= 0.6 is 11.3 Å². The van der Waals surface area contributed by atoms with E-state index in [9.17, 15) is 14.9 Å². The van der Waals surface area contributed by atoms with E-state index in [1.807, 2.05) is 56.5 Å². The van der Waals surface area contributed by atoms with Gasteiger partial charge >= 0.3 is 6.09 Å². The van der Waals surface area contributed by atoms with Crippen LogP contribution in [-0.4, -0.2) is 16.7 Å². The Labute approximate surface area is 183 Å². The van der Waals surface area contributed by atoms with Crippen molar-refractivity contribution in [1.29, 1.82) is 5.26 Å². The van der Waals surface area contributed by atoms with E-state index in [4.69, 9.17) is 4.74 Å². The van der Waals surface area contributed by atoms with Crippen LogP contribution in [0.4, 0.5) is 4.79 Å². The number of alkyl carbamates (subject to hydrolysis) is 1. The van der Waals surface area contributed by atoms with Crippen molar-refractivity contribution in [3.63, 3.8) is 0 Å². The van der Waals surface area contributed by atoms with Crippen molar-refractivity contribution < 1.29 is 9.53 Å². The van der Waals surface area contributed by atoms with E-state index >= 15 is 0 Å². The SMILES string of the molecule is CC(C)(C)OC(=O)NCc1ccc(-c2c(C#N)ccc3[nH]c(=O)c4sccc4c23)cc1. The summed E-state index contributed by atoms with van der Waals surface area (Å²) in [5.41, 5.74) is 3.10. The molecule has 6 nitrogen and oxygen atoms in total.